The minimum atomic E-state index is -4.02. The van der Waals surface area contributed by atoms with Crippen molar-refractivity contribution in [1.82, 2.24) is 9.71 Å². The van der Waals surface area contributed by atoms with Crippen LogP contribution >= 0.6 is 0 Å². The van der Waals surface area contributed by atoms with Crippen LogP contribution in [0.2, 0.25) is 0 Å². The third-order valence-corrected chi connectivity index (χ3v) is 4.24. The normalized spacial score (nSPS) is 11.2. The number of benzene rings is 1. The maximum atomic E-state index is 13.1. The van der Waals surface area contributed by atoms with Gasteiger partial charge in [-0.15, -0.1) is 0 Å². The van der Waals surface area contributed by atoms with Gasteiger partial charge in [0.2, 0.25) is 15.9 Å². The Labute approximate surface area is 131 Å². The van der Waals surface area contributed by atoms with Crippen molar-refractivity contribution in [3.8, 4) is 0 Å². The molecular weight excluding hydrogens is 328 g/mol. The smallest absolute Gasteiger partial charge is 0.240 e. The number of aromatic nitrogens is 1. The third-order valence-electron chi connectivity index (χ3n) is 2.78. The number of carbonyl (C=O) groups excluding carboxylic acids is 1. The standard InChI is InChI=1S/C14H13F2N3O3S/c15-11-5-4-10(9-12(11)16)23(21,22)18-8-6-14(20)19-13-3-1-2-7-17-13/h1-5,7,9,18H,6,8H2,(H,17,19,20). The molecule has 0 saturated heterocycles. The largest absolute Gasteiger partial charge is 0.311 e. The van der Waals surface area contributed by atoms with E-state index in [9.17, 15) is 22.0 Å². The number of amides is 1. The van der Waals surface area contributed by atoms with Gasteiger partial charge in [0, 0.05) is 19.2 Å². The van der Waals surface area contributed by atoms with Gasteiger partial charge in [0.1, 0.15) is 5.82 Å². The number of hydrogen-bond donors (Lipinski definition) is 2. The van der Waals surface area contributed by atoms with E-state index in [0.29, 0.717) is 11.9 Å². The first-order chi connectivity index (χ1) is 10.9. The van der Waals surface area contributed by atoms with E-state index in [1.807, 2.05) is 0 Å². The quantitative estimate of drug-likeness (QED) is 0.836. The molecule has 0 spiro atoms. The predicted molar refractivity (Wildman–Crippen MR) is 79.0 cm³/mol. The molecule has 0 aliphatic carbocycles. The molecule has 0 unspecified atom stereocenters. The van der Waals surface area contributed by atoms with E-state index in [4.69, 9.17) is 0 Å². The molecule has 1 amide bonds. The molecule has 9 heteroatoms. The number of anilines is 1. The molecule has 0 aliphatic heterocycles. The second kappa shape index (κ2) is 7.25. The monoisotopic (exact) mass is 341 g/mol. The molecule has 0 bridgehead atoms. The minimum absolute atomic E-state index is 0.139. The molecule has 0 aliphatic rings. The van der Waals surface area contributed by atoms with Crippen LogP contribution in [0.15, 0.2) is 47.5 Å². The Morgan fingerprint density at radius 3 is 2.57 bits per heavy atom. The highest BCUT2D eigenvalue weighted by atomic mass is 32.2. The zero-order valence-electron chi connectivity index (χ0n) is 11.8. The van der Waals surface area contributed by atoms with E-state index in [1.165, 1.54) is 6.20 Å². The van der Waals surface area contributed by atoms with E-state index in [2.05, 4.69) is 15.0 Å². The Hall–Kier alpha value is -2.39. The van der Waals surface area contributed by atoms with Crippen LogP contribution < -0.4 is 10.0 Å². The number of carbonyl (C=O) groups is 1. The number of pyridine rings is 1. The highest BCUT2D eigenvalue weighted by molar-refractivity contribution is 7.89. The van der Waals surface area contributed by atoms with Gasteiger partial charge in [-0.3, -0.25) is 4.79 Å². The highest BCUT2D eigenvalue weighted by Crippen LogP contribution is 2.13. The maximum Gasteiger partial charge on any atom is 0.240 e. The van der Waals surface area contributed by atoms with E-state index >= 15 is 0 Å². The van der Waals surface area contributed by atoms with Crippen molar-refractivity contribution in [2.24, 2.45) is 0 Å². The van der Waals surface area contributed by atoms with E-state index in [-0.39, 0.29) is 13.0 Å². The highest BCUT2D eigenvalue weighted by Gasteiger charge is 2.16. The van der Waals surface area contributed by atoms with Crippen molar-refractivity contribution in [2.75, 3.05) is 11.9 Å². The van der Waals surface area contributed by atoms with Crippen LogP contribution in [-0.4, -0.2) is 25.9 Å². The van der Waals surface area contributed by atoms with Crippen molar-refractivity contribution in [3.05, 3.63) is 54.2 Å². The zero-order chi connectivity index (χ0) is 16.9. The zero-order valence-corrected chi connectivity index (χ0v) is 12.6. The number of rotatable bonds is 6. The summed E-state index contributed by atoms with van der Waals surface area (Å²) in [5.74, 6) is -2.49. The lowest BCUT2D eigenvalue weighted by atomic mass is 10.3. The van der Waals surface area contributed by atoms with Crippen molar-refractivity contribution >= 4 is 21.7 Å². The van der Waals surface area contributed by atoms with Crippen molar-refractivity contribution in [2.45, 2.75) is 11.3 Å². The summed E-state index contributed by atoms with van der Waals surface area (Å²) in [6.07, 6.45) is 1.36. The van der Waals surface area contributed by atoms with E-state index < -0.39 is 32.5 Å². The molecule has 2 N–H and O–H groups in total. The maximum absolute atomic E-state index is 13.1. The molecule has 23 heavy (non-hydrogen) atoms. The summed E-state index contributed by atoms with van der Waals surface area (Å²) in [6, 6.07) is 7.20. The molecule has 2 rings (SSSR count). The Kier molecular flexibility index (Phi) is 5.35. The molecule has 0 radical (unpaired) electrons. The van der Waals surface area contributed by atoms with Crippen molar-refractivity contribution in [3.63, 3.8) is 0 Å². The SMILES string of the molecule is O=C(CCNS(=O)(=O)c1ccc(F)c(F)c1)Nc1ccccn1. The molecule has 1 heterocycles. The lowest BCUT2D eigenvalue weighted by Crippen LogP contribution is -2.28. The van der Waals surface area contributed by atoms with Gasteiger partial charge >= 0.3 is 0 Å². The van der Waals surface area contributed by atoms with Gasteiger partial charge in [-0.1, -0.05) is 6.07 Å². The second-order valence-electron chi connectivity index (χ2n) is 4.49. The number of nitrogens with one attached hydrogen (secondary N) is 2. The van der Waals surface area contributed by atoms with Crippen LogP contribution in [0.3, 0.4) is 0 Å². The van der Waals surface area contributed by atoms with Crippen LogP contribution in [0.1, 0.15) is 6.42 Å². The molecule has 0 fully saturated rings. The Bertz CT molecular complexity index is 798. The first kappa shape index (κ1) is 17.0. The Morgan fingerprint density at radius 1 is 1.13 bits per heavy atom. The summed E-state index contributed by atoms with van der Waals surface area (Å²) in [7, 11) is -4.02. The third kappa shape index (κ3) is 4.80. The van der Waals surface area contributed by atoms with E-state index in [0.717, 1.165) is 12.1 Å². The van der Waals surface area contributed by atoms with Gasteiger partial charge in [-0.05, 0) is 30.3 Å². The van der Waals surface area contributed by atoms with Gasteiger partial charge in [0.15, 0.2) is 11.6 Å². The summed E-state index contributed by atoms with van der Waals surface area (Å²) in [5, 5.41) is 2.49. The van der Waals surface area contributed by atoms with Crippen LogP contribution in [0.25, 0.3) is 0 Å². The first-order valence-corrected chi connectivity index (χ1v) is 8.02. The van der Waals surface area contributed by atoms with Gasteiger partial charge < -0.3 is 5.32 Å². The van der Waals surface area contributed by atoms with Crippen molar-refractivity contribution < 1.29 is 22.0 Å². The molecule has 1 aromatic carbocycles. The van der Waals surface area contributed by atoms with Crippen LogP contribution in [0.5, 0.6) is 0 Å². The average molecular weight is 341 g/mol. The number of nitrogens with zero attached hydrogens (tertiary/aromatic N) is 1. The molecule has 6 nitrogen and oxygen atoms in total. The van der Waals surface area contributed by atoms with Gasteiger partial charge in [0.25, 0.3) is 0 Å². The van der Waals surface area contributed by atoms with Gasteiger partial charge in [-0.2, -0.15) is 0 Å². The van der Waals surface area contributed by atoms with E-state index in [1.54, 1.807) is 18.2 Å². The molecule has 1 aromatic heterocycles. The number of halogens is 2. The van der Waals surface area contributed by atoms with Crippen LogP contribution in [-0.2, 0) is 14.8 Å². The molecular formula is C14H13F2N3O3S. The summed E-state index contributed by atoms with van der Waals surface area (Å²) in [6.45, 7) is -0.194. The molecule has 122 valence electrons. The summed E-state index contributed by atoms with van der Waals surface area (Å²) in [4.78, 5) is 15.1. The summed E-state index contributed by atoms with van der Waals surface area (Å²) in [5.41, 5.74) is 0. The van der Waals surface area contributed by atoms with Crippen LogP contribution in [0, 0.1) is 11.6 Å². The summed E-state index contributed by atoms with van der Waals surface area (Å²) < 4.78 is 51.8. The molecule has 0 saturated carbocycles. The summed E-state index contributed by atoms with van der Waals surface area (Å²) >= 11 is 0. The second-order valence-corrected chi connectivity index (χ2v) is 6.25. The van der Waals surface area contributed by atoms with Gasteiger partial charge in [0.05, 0.1) is 4.90 Å². The number of sulfonamides is 1. The minimum Gasteiger partial charge on any atom is -0.311 e. The van der Waals surface area contributed by atoms with Gasteiger partial charge in [-0.25, -0.2) is 26.9 Å². The first-order valence-electron chi connectivity index (χ1n) is 6.54. The fourth-order valence-electron chi connectivity index (χ4n) is 1.67. The number of hydrogen-bond acceptors (Lipinski definition) is 4. The lowest BCUT2D eigenvalue weighted by Gasteiger charge is -2.07. The average Bonchev–Trinajstić information content (AvgIpc) is 2.50. The fourth-order valence-corrected chi connectivity index (χ4v) is 2.71. The predicted octanol–water partition coefficient (Wildman–Crippen LogP) is 1.67. The lowest BCUT2D eigenvalue weighted by molar-refractivity contribution is -0.116. The molecule has 0 atom stereocenters. The molecule has 2 aromatic rings. The van der Waals surface area contributed by atoms with Crippen LogP contribution in [0.4, 0.5) is 14.6 Å². The Morgan fingerprint density at radius 2 is 1.91 bits per heavy atom. The topological polar surface area (TPSA) is 88.2 Å². The fraction of sp³-hybridized carbons (Fsp3) is 0.143. The Balaban J connectivity index is 1.89. The van der Waals surface area contributed by atoms with Crippen molar-refractivity contribution in [1.29, 1.82) is 0 Å².